The van der Waals surface area contributed by atoms with Gasteiger partial charge in [0.25, 0.3) is 0 Å². The maximum atomic E-state index is 15.9. The van der Waals surface area contributed by atoms with E-state index in [9.17, 15) is 5.11 Å². The molecule has 5 rings (SSSR count). The van der Waals surface area contributed by atoms with Gasteiger partial charge in [0.1, 0.15) is 11.6 Å². The van der Waals surface area contributed by atoms with Crippen LogP contribution >= 0.6 is 0 Å². The van der Waals surface area contributed by atoms with Crippen LogP contribution in [0.15, 0.2) is 36.4 Å². The molecule has 0 bridgehead atoms. The fourth-order valence-corrected chi connectivity index (χ4v) is 6.76. The van der Waals surface area contributed by atoms with E-state index in [1.165, 1.54) is 5.56 Å². The molecule has 6 heteroatoms. The molecule has 1 N–H and O–H groups in total. The topological polar surface area (TPSA) is 51.2 Å². The van der Waals surface area contributed by atoms with Crippen molar-refractivity contribution in [3.05, 3.63) is 58.9 Å². The molecule has 0 radical (unpaired) electrons. The van der Waals surface area contributed by atoms with Crippen LogP contribution in [0.25, 0.3) is 0 Å². The van der Waals surface area contributed by atoms with Gasteiger partial charge in [0.2, 0.25) is 0 Å². The fraction of sp³-hybridized carbons (Fsp3) is 0.586. The van der Waals surface area contributed by atoms with Gasteiger partial charge in [-0.2, -0.15) is 0 Å². The second kappa shape index (κ2) is 10.9. The summed E-state index contributed by atoms with van der Waals surface area (Å²) in [5.74, 6) is 1.44. The van der Waals surface area contributed by atoms with Gasteiger partial charge in [-0.15, -0.1) is 0 Å². The Morgan fingerprint density at radius 2 is 1.66 bits per heavy atom. The van der Waals surface area contributed by atoms with Crippen molar-refractivity contribution in [2.45, 2.75) is 50.7 Å². The van der Waals surface area contributed by atoms with Crippen LogP contribution in [0.4, 0.5) is 10.1 Å². The second-order valence-electron chi connectivity index (χ2n) is 10.4. The van der Waals surface area contributed by atoms with E-state index in [-0.39, 0.29) is 23.8 Å². The molecule has 2 atom stereocenters. The Balaban J connectivity index is 1.40. The van der Waals surface area contributed by atoms with E-state index in [2.05, 4.69) is 11.0 Å². The van der Waals surface area contributed by atoms with Gasteiger partial charge in [-0.25, -0.2) is 4.39 Å². The predicted octanol–water partition coefficient (Wildman–Crippen LogP) is 5.49. The number of phenolic OH excluding ortho intramolecular Hbond substituents is 1. The average molecular weight is 484 g/mol. The Hall–Kier alpha value is -2.15. The summed E-state index contributed by atoms with van der Waals surface area (Å²) in [5, 5.41) is 10.1. The molecule has 0 amide bonds. The van der Waals surface area contributed by atoms with Crippen LogP contribution in [0.3, 0.4) is 0 Å². The van der Waals surface area contributed by atoms with Crippen LogP contribution in [-0.4, -0.2) is 51.9 Å². The number of rotatable bonds is 6. The molecule has 2 heterocycles. The molecule has 2 fully saturated rings. The molecule has 2 aliphatic heterocycles. The number of aryl methyl sites for hydroxylation is 1. The molecule has 1 aliphatic carbocycles. The van der Waals surface area contributed by atoms with Gasteiger partial charge in [0.05, 0.1) is 0 Å². The number of hydrogen-bond acceptors (Lipinski definition) is 5. The monoisotopic (exact) mass is 483 g/mol. The normalized spacial score (nSPS) is 24.1. The van der Waals surface area contributed by atoms with Gasteiger partial charge < -0.3 is 24.2 Å². The average Bonchev–Trinajstić information content (AvgIpc) is 2.89. The Kier molecular flexibility index (Phi) is 7.61. The van der Waals surface area contributed by atoms with Crippen molar-refractivity contribution in [1.29, 1.82) is 0 Å². The van der Waals surface area contributed by atoms with Gasteiger partial charge in [-0.3, -0.25) is 0 Å². The van der Waals surface area contributed by atoms with Crippen molar-refractivity contribution in [3.63, 3.8) is 0 Å². The number of methoxy groups -OCH3 is 2. The van der Waals surface area contributed by atoms with E-state index in [0.29, 0.717) is 17.8 Å². The van der Waals surface area contributed by atoms with Crippen molar-refractivity contribution >= 4 is 5.69 Å². The third-order valence-electron chi connectivity index (χ3n) is 8.58. The van der Waals surface area contributed by atoms with Crippen LogP contribution in [0, 0.1) is 23.6 Å². The van der Waals surface area contributed by atoms with Gasteiger partial charge >= 0.3 is 0 Å². The third kappa shape index (κ3) is 5.07. The van der Waals surface area contributed by atoms with Crippen molar-refractivity contribution in [3.8, 4) is 5.75 Å². The Morgan fingerprint density at radius 3 is 2.34 bits per heavy atom. The smallest absolute Gasteiger partial charge is 0.159 e. The lowest BCUT2D eigenvalue weighted by Gasteiger charge is -2.41. The van der Waals surface area contributed by atoms with Crippen LogP contribution < -0.4 is 4.90 Å². The number of anilines is 1. The highest BCUT2D eigenvalue weighted by Gasteiger charge is 2.38. The van der Waals surface area contributed by atoms with Crippen LogP contribution in [-0.2, 0) is 20.6 Å². The van der Waals surface area contributed by atoms with E-state index in [4.69, 9.17) is 14.2 Å². The molecule has 0 spiro atoms. The molecular formula is C29H38FNO4. The molecule has 0 saturated carbocycles. The summed E-state index contributed by atoms with van der Waals surface area (Å²) in [5.41, 5.74) is 4.05. The highest BCUT2D eigenvalue weighted by atomic mass is 19.1. The molecule has 5 nitrogen and oxygen atoms in total. The maximum absolute atomic E-state index is 15.9. The molecule has 2 saturated heterocycles. The van der Waals surface area contributed by atoms with Crippen molar-refractivity contribution in [2.75, 3.05) is 45.4 Å². The van der Waals surface area contributed by atoms with Crippen LogP contribution in [0.2, 0.25) is 0 Å². The lowest BCUT2D eigenvalue weighted by atomic mass is 9.65. The summed E-state index contributed by atoms with van der Waals surface area (Å²) < 4.78 is 32.4. The molecule has 2 aromatic carbocycles. The molecule has 3 aliphatic rings. The number of phenols is 1. The zero-order valence-electron chi connectivity index (χ0n) is 20.9. The number of halogens is 1. The minimum absolute atomic E-state index is 0.00593. The summed E-state index contributed by atoms with van der Waals surface area (Å²) in [6, 6.07) is 11.5. The minimum atomic E-state index is -0.177. The van der Waals surface area contributed by atoms with E-state index >= 15 is 4.39 Å². The molecule has 35 heavy (non-hydrogen) atoms. The number of piperidine rings is 1. The maximum Gasteiger partial charge on any atom is 0.159 e. The van der Waals surface area contributed by atoms with Gasteiger partial charge in [0.15, 0.2) is 6.29 Å². The largest absolute Gasteiger partial charge is 0.508 e. The number of benzene rings is 2. The number of aromatic hydroxyl groups is 1. The minimum Gasteiger partial charge on any atom is -0.508 e. The van der Waals surface area contributed by atoms with E-state index < -0.39 is 0 Å². The number of fused-ring (bicyclic) bond motifs is 1. The SMILES string of the molecule is COC(OC)C1CCN(c2ccc(C3c4ccc(O)cc4CCC3C3CCOCC3)c(F)c2)CC1. The van der Waals surface area contributed by atoms with Gasteiger partial charge in [-0.05, 0) is 91.3 Å². The first kappa shape index (κ1) is 24.5. The van der Waals surface area contributed by atoms with Gasteiger partial charge in [-0.1, -0.05) is 12.1 Å². The van der Waals surface area contributed by atoms with Crippen molar-refractivity contribution in [2.24, 2.45) is 17.8 Å². The number of hydrogen-bond donors (Lipinski definition) is 1. The van der Waals surface area contributed by atoms with Crippen LogP contribution in [0.5, 0.6) is 5.75 Å². The van der Waals surface area contributed by atoms with Crippen molar-refractivity contribution < 1.29 is 23.7 Å². The Morgan fingerprint density at radius 1 is 0.943 bits per heavy atom. The second-order valence-corrected chi connectivity index (χ2v) is 10.4. The molecule has 2 unspecified atom stereocenters. The molecule has 0 aromatic heterocycles. The summed E-state index contributed by atoms with van der Waals surface area (Å²) in [6.07, 6.45) is 5.76. The summed E-state index contributed by atoms with van der Waals surface area (Å²) in [7, 11) is 3.38. The quantitative estimate of drug-likeness (QED) is 0.551. The highest BCUT2D eigenvalue weighted by Crippen LogP contribution is 2.48. The number of ether oxygens (including phenoxy) is 3. The summed E-state index contributed by atoms with van der Waals surface area (Å²) in [4.78, 5) is 2.27. The van der Waals surface area contributed by atoms with E-state index in [1.807, 2.05) is 18.2 Å². The molecular weight excluding hydrogens is 445 g/mol. The van der Waals surface area contributed by atoms with Crippen LogP contribution in [0.1, 0.15) is 54.7 Å². The zero-order valence-corrected chi connectivity index (χ0v) is 20.9. The number of nitrogens with zero attached hydrogens (tertiary/aromatic N) is 1. The summed E-state index contributed by atoms with van der Waals surface area (Å²) in [6.45, 7) is 3.31. The Bertz CT molecular complexity index is 996. The zero-order chi connectivity index (χ0) is 24.4. The predicted molar refractivity (Wildman–Crippen MR) is 134 cm³/mol. The lowest BCUT2D eigenvalue weighted by molar-refractivity contribution is -0.141. The van der Waals surface area contributed by atoms with E-state index in [1.54, 1.807) is 26.4 Å². The molecule has 2 aromatic rings. The van der Waals surface area contributed by atoms with Crippen molar-refractivity contribution in [1.82, 2.24) is 0 Å². The fourth-order valence-electron chi connectivity index (χ4n) is 6.76. The third-order valence-corrected chi connectivity index (χ3v) is 8.58. The summed E-state index contributed by atoms with van der Waals surface area (Å²) >= 11 is 0. The highest BCUT2D eigenvalue weighted by molar-refractivity contribution is 5.52. The standard InChI is InChI=1S/C29H38FNO4/c1-33-29(34-2)20-9-13-31(14-10-20)22-4-7-26(27(30)18-22)28-24(19-11-15-35-16-12-19)6-3-21-17-23(32)5-8-25(21)28/h4-5,7-8,17-20,24,28-29,32H,3,6,9-16H2,1-2H3. The Labute approximate surface area is 208 Å². The first-order valence-corrected chi connectivity index (χ1v) is 13.1. The molecule has 190 valence electrons. The van der Waals surface area contributed by atoms with Gasteiger partial charge in [0, 0.05) is 58.0 Å². The first-order chi connectivity index (χ1) is 17.1. The first-order valence-electron chi connectivity index (χ1n) is 13.1. The van der Waals surface area contributed by atoms with E-state index in [0.717, 1.165) is 81.6 Å². The lowest BCUT2D eigenvalue weighted by Crippen LogP contribution is -2.39.